The SMILES string of the molecule is Cc1ccccc1COc1ccc(/C(O)=C2\C(=O)C(=O)N(c3nnc(SCc4ccccc4)s3)C2c2ccc([N+](=O)[O-])cc2)cc1. The maximum Gasteiger partial charge on any atom is 0.301 e. The fourth-order valence-electron chi connectivity index (χ4n) is 5.00. The highest BCUT2D eigenvalue weighted by atomic mass is 32.2. The number of aliphatic hydroxyl groups is 1. The van der Waals surface area contributed by atoms with Crippen molar-refractivity contribution in [2.75, 3.05) is 4.90 Å². The molecule has 12 heteroatoms. The molecule has 1 aromatic heterocycles. The van der Waals surface area contributed by atoms with Gasteiger partial charge < -0.3 is 9.84 Å². The van der Waals surface area contributed by atoms with E-state index in [-0.39, 0.29) is 16.4 Å². The number of carbonyl (C=O) groups excluding carboxylic acids is 2. The van der Waals surface area contributed by atoms with Crippen molar-refractivity contribution in [1.82, 2.24) is 10.2 Å². The van der Waals surface area contributed by atoms with E-state index < -0.39 is 28.4 Å². The average Bonchev–Trinajstić information content (AvgIpc) is 3.65. The molecule has 10 nitrogen and oxygen atoms in total. The van der Waals surface area contributed by atoms with Gasteiger partial charge in [-0.2, -0.15) is 0 Å². The highest BCUT2D eigenvalue weighted by Gasteiger charge is 2.48. The van der Waals surface area contributed by atoms with E-state index >= 15 is 0 Å². The van der Waals surface area contributed by atoms with Crippen molar-refractivity contribution in [3.63, 3.8) is 0 Å². The Hall–Kier alpha value is -5.33. The largest absolute Gasteiger partial charge is 0.507 e. The fourth-order valence-corrected chi connectivity index (χ4v) is 6.82. The van der Waals surface area contributed by atoms with Gasteiger partial charge in [-0.3, -0.25) is 24.6 Å². The minimum absolute atomic E-state index is 0.155. The summed E-state index contributed by atoms with van der Waals surface area (Å²) in [6.07, 6.45) is 0. The predicted octanol–water partition coefficient (Wildman–Crippen LogP) is 7.25. The minimum atomic E-state index is -1.10. The second-order valence-electron chi connectivity index (χ2n) is 10.4. The van der Waals surface area contributed by atoms with Crippen molar-refractivity contribution in [2.45, 2.75) is 29.7 Å². The van der Waals surface area contributed by atoms with Crippen LogP contribution >= 0.6 is 23.1 Å². The van der Waals surface area contributed by atoms with Crippen LogP contribution in [0.25, 0.3) is 5.76 Å². The number of nitro groups is 1. The number of ether oxygens (including phenoxy) is 1. The summed E-state index contributed by atoms with van der Waals surface area (Å²) in [5.74, 6) is -1.00. The van der Waals surface area contributed by atoms with Crippen LogP contribution in [0.4, 0.5) is 10.8 Å². The second kappa shape index (κ2) is 13.3. The van der Waals surface area contributed by atoms with Crippen molar-refractivity contribution >= 4 is 51.4 Å². The van der Waals surface area contributed by atoms with E-state index in [0.29, 0.717) is 33.6 Å². The molecule has 1 amide bonds. The number of amides is 1. The molecule has 1 N–H and O–H groups in total. The summed E-state index contributed by atoms with van der Waals surface area (Å²) in [7, 11) is 0. The lowest BCUT2D eigenvalue weighted by Gasteiger charge is -2.22. The van der Waals surface area contributed by atoms with Gasteiger partial charge in [0.15, 0.2) is 4.34 Å². The summed E-state index contributed by atoms with van der Waals surface area (Å²) in [6.45, 7) is 2.36. The molecule has 1 atom stereocenters. The Bertz CT molecular complexity index is 1940. The summed E-state index contributed by atoms with van der Waals surface area (Å²) >= 11 is 2.58. The van der Waals surface area contributed by atoms with Gasteiger partial charge >= 0.3 is 5.91 Å². The number of non-ortho nitro benzene ring substituents is 1. The van der Waals surface area contributed by atoms with Crippen LogP contribution in [-0.4, -0.2) is 31.9 Å². The second-order valence-corrected chi connectivity index (χ2v) is 12.6. The summed E-state index contributed by atoms with van der Waals surface area (Å²) in [6, 6.07) is 28.6. The molecular formula is C34H26N4O6S2. The van der Waals surface area contributed by atoms with Crippen molar-refractivity contribution < 1.29 is 24.4 Å². The molecule has 1 saturated heterocycles. The highest BCUT2D eigenvalue weighted by Crippen LogP contribution is 2.44. The Morgan fingerprint density at radius 3 is 2.35 bits per heavy atom. The summed E-state index contributed by atoms with van der Waals surface area (Å²) in [5.41, 5.74) is 3.59. The quantitative estimate of drug-likeness (QED) is 0.0315. The van der Waals surface area contributed by atoms with Crippen LogP contribution < -0.4 is 9.64 Å². The Morgan fingerprint density at radius 2 is 1.65 bits per heavy atom. The number of aliphatic hydroxyl groups excluding tert-OH is 1. The molecule has 1 fully saturated rings. The van der Waals surface area contributed by atoms with Crippen molar-refractivity contribution in [2.24, 2.45) is 0 Å². The molecule has 6 rings (SSSR count). The molecule has 2 heterocycles. The summed E-state index contributed by atoms with van der Waals surface area (Å²) in [4.78, 5) is 39.1. The first-order valence-corrected chi connectivity index (χ1v) is 15.9. The lowest BCUT2D eigenvalue weighted by molar-refractivity contribution is -0.384. The van der Waals surface area contributed by atoms with E-state index in [1.165, 1.54) is 40.9 Å². The number of nitrogens with zero attached hydrogens (tertiary/aromatic N) is 4. The number of ketones is 1. The maximum atomic E-state index is 13.5. The third-order valence-corrected chi connectivity index (χ3v) is 9.58. The predicted molar refractivity (Wildman–Crippen MR) is 176 cm³/mol. The number of aromatic nitrogens is 2. The number of carbonyl (C=O) groups is 2. The van der Waals surface area contributed by atoms with Crippen molar-refractivity contribution in [3.8, 4) is 5.75 Å². The van der Waals surface area contributed by atoms with Gasteiger partial charge in [-0.1, -0.05) is 77.7 Å². The Morgan fingerprint density at radius 1 is 0.957 bits per heavy atom. The van der Waals surface area contributed by atoms with Gasteiger partial charge in [0.1, 0.15) is 18.1 Å². The number of thioether (sulfide) groups is 1. The zero-order valence-electron chi connectivity index (χ0n) is 24.4. The number of nitro benzene ring substituents is 1. The first-order valence-electron chi connectivity index (χ1n) is 14.1. The molecule has 1 aliphatic rings. The van der Waals surface area contributed by atoms with E-state index in [1.807, 2.05) is 61.5 Å². The molecule has 46 heavy (non-hydrogen) atoms. The highest BCUT2D eigenvalue weighted by molar-refractivity contribution is 8.00. The molecule has 0 spiro atoms. The molecule has 4 aromatic carbocycles. The lowest BCUT2D eigenvalue weighted by Crippen LogP contribution is -2.29. The molecular weight excluding hydrogens is 625 g/mol. The molecule has 0 aliphatic carbocycles. The molecule has 1 aliphatic heterocycles. The molecule has 230 valence electrons. The van der Waals surface area contributed by atoms with Crippen LogP contribution in [-0.2, 0) is 21.9 Å². The number of hydrogen-bond acceptors (Lipinski definition) is 10. The van der Waals surface area contributed by atoms with Crippen LogP contribution in [0.2, 0.25) is 0 Å². The molecule has 5 aromatic rings. The third-order valence-electron chi connectivity index (χ3n) is 7.45. The smallest absolute Gasteiger partial charge is 0.301 e. The van der Waals surface area contributed by atoms with Gasteiger partial charge in [0, 0.05) is 23.4 Å². The van der Waals surface area contributed by atoms with Gasteiger partial charge in [0.25, 0.3) is 11.5 Å². The van der Waals surface area contributed by atoms with Gasteiger partial charge in [-0.15, -0.1) is 10.2 Å². The summed E-state index contributed by atoms with van der Waals surface area (Å²) < 4.78 is 6.51. The Labute approximate surface area is 272 Å². The molecule has 0 saturated carbocycles. The van der Waals surface area contributed by atoms with Gasteiger partial charge in [0.2, 0.25) is 5.13 Å². The first kappa shape index (κ1) is 30.7. The molecule has 1 unspecified atom stereocenters. The van der Waals surface area contributed by atoms with E-state index in [4.69, 9.17) is 4.74 Å². The fraction of sp³-hybridized carbons (Fsp3) is 0.118. The van der Waals surface area contributed by atoms with Crippen LogP contribution in [0, 0.1) is 17.0 Å². The Balaban J connectivity index is 1.32. The number of aryl methyl sites for hydroxylation is 1. The summed E-state index contributed by atoms with van der Waals surface area (Å²) in [5, 5.41) is 31.4. The zero-order chi connectivity index (χ0) is 32.2. The number of benzene rings is 4. The standard InChI is InChI=1S/C34H26N4O6S2/c1-21-7-5-6-10-25(21)19-44-27-17-13-24(14-18-27)30(39)28-29(23-11-15-26(16-12-23)38(42)43)37(32(41)31(28)40)33-35-36-34(46-33)45-20-22-8-3-2-4-9-22/h2-18,29,39H,19-20H2,1H3/b30-28+. The van der Waals surface area contributed by atoms with E-state index in [9.17, 15) is 24.8 Å². The number of hydrogen-bond donors (Lipinski definition) is 1. The minimum Gasteiger partial charge on any atom is -0.507 e. The third kappa shape index (κ3) is 6.39. The van der Waals surface area contributed by atoms with Gasteiger partial charge in [0.05, 0.1) is 16.5 Å². The zero-order valence-corrected chi connectivity index (χ0v) is 26.0. The van der Waals surface area contributed by atoms with Crippen LogP contribution in [0.15, 0.2) is 113 Å². The van der Waals surface area contributed by atoms with E-state index in [0.717, 1.165) is 28.0 Å². The van der Waals surface area contributed by atoms with Crippen molar-refractivity contribution in [3.05, 3.63) is 147 Å². The number of anilines is 1. The lowest BCUT2D eigenvalue weighted by atomic mass is 9.95. The topological polar surface area (TPSA) is 136 Å². The monoisotopic (exact) mass is 650 g/mol. The number of rotatable bonds is 10. The van der Waals surface area contributed by atoms with Crippen LogP contribution in [0.3, 0.4) is 0 Å². The van der Waals surface area contributed by atoms with Gasteiger partial charge in [-0.25, -0.2) is 0 Å². The average molecular weight is 651 g/mol. The molecule has 0 bridgehead atoms. The first-order chi connectivity index (χ1) is 22.3. The van der Waals surface area contributed by atoms with Crippen LogP contribution in [0.1, 0.15) is 33.9 Å². The Kier molecular flexibility index (Phi) is 8.90. The van der Waals surface area contributed by atoms with E-state index in [2.05, 4.69) is 10.2 Å². The van der Waals surface area contributed by atoms with Crippen molar-refractivity contribution in [1.29, 1.82) is 0 Å². The number of Topliss-reactive ketones (excluding diaryl/α,β-unsaturated/α-hetero) is 1. The maximum absolute atomic E-state index is 13.5. The molecule has 0 radical (unpaired) electrons. The van der Waals surface area contributed by atoms with Gasteiger partial charge in [-0.05, 0) is 65.6 Å². The van der Waals surface area contributed by atoms with E-state index in [1.54, 1.807) is 24.3 Å². The van der Waals surface area contributed by atoms with Crippen LogP contribution in [0.5, 0.6) is 5.75 Å². The normalized spacial score (nSPS) is 15.7.